The molecule has 0 aliphatic heterocycles. The van der Waals surface area contributed by atoms with Gasteiger partial charge in [0.25, 0.3) is 4.84 Å². The summed E-state index contributed by atoms with van der Waals surface area (Å²) in [5.74, 6) is 0.174. The van der Waals surface area contributed by atoms with Gasteiger partial charge in [-0.25, -0.2) is 4.68 Å². The first kappa shape index (κ1) is 21.2. The molecule has 0 unspecified atom stereocenters. The van der Waals surface area contributed by atoms with E-state index in [1.165, 1.54) is 0 Å². The number of pyridine rings is 1. The van der Waals surface area contributed by atoms with Gasteiger partial charge in [-0.15, -0.1) is 5.10 Å². The third kappa shape index (κ3) is 6.22. The SMILES string of the molecule is CCOC(=O)CCN(Cc1cccnc1)Cn1nc(-c2ccc(Cl)cc2)oc1=S. The molecule has 0 N–H and O–H groups in total. The summed E-state index contributed by atoms with van der Waals surface area (Å²) in [5.41, 5.74) is 1.80. The van der Waals surface area contributed by atoms with Gasteiger partial charge >= 0.3 is 5.97 Å². The van der Waals surface area contributed by atoms with Gasteiger partial charge in [0.2, 0.25) is 5.89 Å². The molecule has 9 heteroatoms. The highest BCUT2D eigenvalue weighted by Gasteiger charge is 2.14. The molecule has 0 fully saturated rings. The molecule has 3 aromatic rings. The Morgan fingerprint density at radius 3 is 2.79 bits per heavy atom. The molecule has 0 saturated heterocycles. The molecule has 0 aliphatic carbocycles. The van der Waals surface area contributed by atoms with Gasteiger partial charge in [0.05, 0.1) is 19.7 Å². The van der Waals surface area contributed by atoms with E-state index < -0.39 is 0 Å². The Morgan fingerprint density at radius 2 is 2.10 bits per heavy atom. The van der Waals surface area contributed by atoms with Crippen molar-refractivity contribution in [1.82, 2.24) is 19.7 Å². The van der Waals surface area contributed by atoms with E-state index >= 15 is 0 Å². The van der Waals surface area contributed by atoms with Crippen molar-refractivity contribution in [2.45, 2.75) is 26.6 Å². The Labute approximate surface area is 178 Å². The lowest BCUT2D eigenvalue weighted by atomic mass is 10.2. The Hall–Kier alpha value is -2.55. The fourth-order valence-corrected chi connectivity index (χ4v) is 3.03. The summed E-state index contributed by atoms with van der Waals surface area (Å²) < 4.78 is 12.3. The van der Waals surface area contributed by atoms with Gasteiger partial charge in [-0.1, -0.05) is 17.7 Å². The van der Waals surface area contributed by atoms with Gasteiger partial charge in [-0.2, -0.15) is 0 Å². The van der Waals surface area contributed by atoms with E-state index in [4.69, 9.17) is 33.0 Å². The fraction of sp³-hybridized carbons (Fsp3) is 0.300. The van der Waals surface area contributed by atoms with Gasteiger partial charge < -0.3 is 9.15 Å². The van der Waals surface area contributed by atoms with Gasteiger partial charge in [0.1, 0.15) is 0 Å². The quantitative estimate of drug-likeness (QED) is 0.368. The Bertz CT molecular complexity index is 989. The van der Waals surface area contributed by atoms with Crippen LogP contribution in [0.4, 0.5) is 0 Å². The van der Waals surface area contributed by atoms with Crippen molar-refractivity contribution in [3.05, 3.63) is 64.2 Å². The van der Waals surface area contributed by atoms with Gasteiger partial charge in [-0.3, -0.25) is 14.7 Å². The first-order valence-electron chi connectivity index (χ1n) is 9.16. The standard InChI is InChI=1S/C20H21ClN4O3S/c1-2-27-18(26)9-11-24(13-15-4-3-10-22-12-15)14-25-20(29)28-19(23-25)16-5-7-17(21)8-6-16/h3-8,10,12H,2,9,11,13-14H2,1H3. The number of nitrogens with zero attached hydrogens (tertiary/aromatic N) is 4. The lowest BCUT2D eigenvalue weighted by molar-refractivity contribution is -0.143. The molecule has 0 bridgehead atoms. The maximum atomic E-state index is 11.8. The second-order valence-corrected chi connectivity index (χ2v) is 7.08. The topological polar surface area (TPSA) is 73.4 Å². The molecule has 0 aliphatic rings. The third-order valence-corrected chi connectivity index (χ3v) is 4.64. The molecule has 0 amide bonds. The van der Waals surface area contributed by atoms with Crippen LogP contribution in [0.3, 0.4) is 0 Å². The summed E-state index contributed by atoms with van der Waals surface area (Å²) in [6, 6.07) is 11.0. The van der Waals surface area contributed by atoms with Crippen LogP contribution >= 0.6 is 23.8 Å². The number of carbonyl (C=O) groups is 1. The maximum Gasteiger partial charge on any atom is 0.307 e. The zero-order chi connectivity index (χ0) is 20.6. The number of ether oxygens (including phenoxy) is 1. The molecule has 3 rings (SSSR count). The van der Waals surface area contributed by atoms with E-state index in [0.717, 1.165) is 11.1 Å². The number of carbonyl (C=O) groups excluding carboxylic acids is 1. The van der Waals surface area contributed by atoms with E-state index in [2.05, 4.69) is 10.1 Å². The summed E-state index contributed by atoms with van der Waals surface area (Å²) >= 11 is 11.3. The number of halogens is 1. The van der Waals surface area contributed by atoms with Crippen LogP contribution in [0, 0.1) is 4.84 Å². The van der Waals surface area contributed by atoms with Crippen LogP contribution in [-0.2, 0) is 22.7 Å². The zero-order valence-corrected chi connectivity index (χ0v) is 17.5. The molecule has 152 valence electrons. The van der Waals surface area contributed by atoms with Crippen LogP contribution in [0.25, 0.3) is 11.5 Å². The number of rotatable bonds is 9. The number of benzene rings is 1. The van der Waals surface area contributed by atoms with Crippen LogP contribution in [0.1, 0.15) is 18.9 Å². The van der Waals surface area contributed by atoms with Crippen molar-refractivity contribution in [3.63, 3.8) is 0 Å². The Morgan fingerprint density at radius 1 is 1.31 bits per heavy atom. The first-order chi connectivity index (χ1) is 14.0. The number of esters is 1. The molecule has 2 heterocycles. The highest BCUT2D eigenvalue weighted by molar-refractivity contribution is 7.71. The lowest BCUT2D eigenvalue weighted by Gasteiger charge is -2.21. The van der Waals surface area contributed by atoms with Crippen molar-refractivity contribution in [3.8, 4) is 11.5 Å². The van der Waals surface area contributed by atoms with Crippen molar-refractivity contribution in [2.75, 3.05) is 13.2 Å². The van der Waals surface area contributed by atoms with Crippen LogP contribution in [0.5, 0.6) is 0 Å². The minimum atomic E-state index is -0.241. The number of hydrogen-bond acceptors (Lipinski definition) is 7. The smallest absolute Gasteiger partial charge is 0.307 e. The number of aromatic nitrogens is 3. The molecule has 29 heavy (non-hydrogen) atoms. The van der Waals surface area contributed by atoms with Crippen molar-refractivity contribution < 1.29 is 13.9 Å². The maximum absolute atomic E-state index is 11.8. The summed E-state index contributed by atoms with van der Waals surface area (Å²) in [6.45, 7) is 3.58. The second kappa shape index (κ2) is 10.3. The van der Waals surface area contributed by atoms with Gasteiger partial charge in [0, 0.05) is 36.1 Å². The van der Waals surface area contributed by atoms with Gasteiger partial charge in [-0.05, 0) is 55.0 Å². The molecule has 0 atom stereocenters. The monoisotopic (exact) mass is 432 g/mol. The summed E-state index contributed by atoms with van der Waals surface area (Å²) in [5, 5.41) is 5.12. The van der Waals surface area contributed by atoms with E-state index in [-0.39, 0.29) is 17.2 Å². The zero-order valence-electron chi connectivity index (χ0n) is 16.0. The highest BCUT2D eigenvalue weighted by atomic mass is 35.5. The lowest BCUT2D eigenvalue weighted by Crippen LogP contribution is -2.29. The first-order valence-corrected chi connectivity index (χ1v) is 9.94. The predicted molar refractivity (Wildman–Crippen MR) is 112 cm³/mol. The van der Waals surface area contributed by atoms with Crippen LogP contribution in [0.2, 0.25) is 5.02 Å². The minimum absolute atomic E-state index is 0.241. The number of hydrogen-bond donors (Lipinski definition) is 0. The Balaban J connectivity index is 1.76. The summed E-state index contributed by atoms with van der Waals surface area (Å²) in [4.78, 5) is 18.2. The van der Waals surface area contributed by atoms with E-state index in [1.807, 2.05) is 29.2 Å². The Kier molecular flexibility index (Phi) is 7.51. The molecule has 7 nitrogen and oxygen atoms in total. The average Bonchev–Trinajstić information content (AvgIpc) is 3.08. The van der Waals surface area contributed by atoms with E-state index in [1.54, 1.807) is 36.1 Å². The normalized spacial score (nSPS) is 11.0. The van der Waals surface area contributed by atoms with Crippen LogP contribution in [-0.4, -0.2) is 38.8 Å². The van der Waals surface area contributed by atoms with E-state index in [0.29, 0.717) is 37.3 Å². The molecule has 0 saturated carbocycles. The third-order valence-electron chi connectivity index (χ3n) is 4.10. The molecule has 0 spiro atoms. The van der Waals surface area contributed by atoms with Crippen LogP contribution in [0.15, 0.2) is 53.2 Å². The highest BCUT2D eigenvalue weighted by Crippen LogP contribution is 2.20. The molecule has 2 aromatic heterocycles. The van der Waals surface area contributed by atoms with Gasteiger partial charge in [0.15, 0.2) is 0 Å². The van der Waals surface area contributed by atoms with Crippen molar-refractivity contribution in [2.24, 2.45) is 0 Å². The predicted octanol–water partition coefficient (Wildman–Crippen LogP) is 4.33. The van der Waals surface area contributed by atoms with E-state index in [9.17, 15) is 4.79 Å². The molecular formula is C20H21ClN4O3S. The second-order valence-electron chi connectivity index (χ2n) is 6.29. The summed E-state index contributed by atoms with van der Waals surface area (Å²) in [6.07, 6.45) is 3.78. The fourth-order valence-electron chi connectivity index (χ4n) is 2.73. The average molecular weight is 433 g/mol. The largest absolute Gasteiger partial charge is 0.466 e. The van der Waals surface area contributed by atoms with Crippen molar-refractivity contribution in [1.29, 1.82) is 0 Å². The summed E-state index contributed by atoms with van der Waals surface area (Å²) in [7, 11) is 0. The molecular weight excluding hydrogens is 412 g/mol. The molecule has 0 radical (unpaired) electrons. The van der Waals surface area contributed by atoms with Crippen molar-refractivity contribution >= 4 is 29.8 Å². The van der Waals surface area contributed by atoms with Crippen LogP contribution < -0.4 is 0 Å². The molecule has 1 aromatic carbocycles. The minimum Gasteiger partial charge on any atom is -0.466 e.